The first-order valence-electron chi connectivity index (χ1n) is 7.28. The monoisotopic (exact) mass is 375 g/mol. The molecule has 2 atom stereocenters. The van der Waals surface area contributed by atoms with Gasteiger partial charge in [0.05, 0.1) is 24.2 Å². The molecule has 0 bridgehead atoms. The normalized spacial score (nSPS) is 22.7. The third-order valence-corrected chi connectivity index (χ3v) is 6.73. The molecule has 1 aromatic rings. The number of hydrogen-bond donors (Lipinski definition) is 1. The fourth-order valence-corrected chi connectivity index (χ4v) is 5.43. The quantitative estimate of drug-likeness (QED) is 0.858. The van der Waals surface area contributed by atoms with Gasteiger partial charge in [0.25, 0.3) is 0 Å². The van der Waals surface area contributed by atoms with E-state index < -0.39 is 9.84 Å². The van der Waals surface area contributed by atoms with E-state index >= 15 is 0 Å². The molecule has 0 aromatic heterocycles. The molecule has 1 fully saturated rings. The Morgan fingerprint density at radius 3 is 2.81 bits per heavy atom. The highest BCUT2D eigenvalue weighted by atomic mass is 79.9. The lowest BCUT2D eigenvalue weighted by Gasteiger charge is -2.31. The van der Waals surface area contributed by atoms with E-state index in [-0.39, 0.29) is 17.0 Å². The molecular formula is C15H22BrNO3S. The van der Waals surface area contributed by atoms with Gasteiger partial charge in [-0.05, 0) is 37.6 Å². The lowest BCUT2D eigenvalue weighted by molar-refractivity contribution is 0.390. The highest BCUT2D eigenvalue weighted by molar-refractivity contribution is 9.10. The van der Waals surface area contributed by atoms with Gasteiger partial charge in [0.2, 0.25) is 0 Å². The molecule has 2 unspecified atom stereocenters. The fraction of sp³-hybridized carbons (Fsp3) is 0.600. The number of ether oxygens (including phenoxy) is 1. The maximum absolute atomic E-state index is 12.5. The predicted octanol–water partition coefficient (Wildman–Crippen LogP) is 3.08. The SMILES string of the molecule is CCNC(c1cc(Br)ccc1OC)C1CCCCS1(=O)=O. The van der Waals surface area contributed by atoms with E-state index in [9.17, 15) is 8.42 Å². The Balaban J connectivity index is 2.45. The average Bonchev–Trinajstić information content (AvgIpc) is 2.45. The summed E-state index contributed by atoms with van der Waals surface area (Å²) in [5.41, 5.74) is 0.907. The molecule has 0 saturated carbocycles. The first-order chi connectivity index (χ1) is 9.99. The van der Waals surface area contributed by atoms with Gasteiger partial charge in [-0.25, -0.2) is 8.42 Å². The molecule has 1 aliphatic heterocycles. The van der Waals surface area contributed by atoms with Crippen LogP contribution in [0.2, 0.25) is 0 Å². The van der Waals surface area contributed by atoms with Crippen molar-refractivity contribution in [1.29, 1.82) is 0 Å². The zero-order valence-electron chi connectivity index (χ0n) is 12.4. The summed E-state index contributed by atoms with van der Waals surface area (Å²) in [5, 5.41) is 2.97. The Labute approximate surface area is 135 Å². The molecule has 6 heteroatoms. The summed E-state index contributed by atoms with van der Waals surface area (Å²) in [6.07, 6.45) is 2.44. The zero-order valence-corrected chi connectivity index (χ0v) is 14.8. The van der Waals surface area contributed by atoms with Crippen molar-refractivity contribution >= 4 is 25.8 Å². The minimum atomic E-state index is -3.06. The third-order valence-electron chi connectivity index (χ3n) is 3.95. The highest BCUT2D eigenvalue weighted by Gasteiger charge is 2.37. The number of hydrogen-bond acceptors (Lipinski definition) is 4. The zero-order chi connectivity index (χ0) is 15.5. The molecular weight excluding hydrogens is 354 g/mol. The van der Waals surface area contributed by atoms with E-state index in [1.54, 1.807) is 7.11 Å². The van der Waals surface area contributed by atoms with E-state index in [2.05, 4.69) is 21.2 Å². The van der Waals surface area contributed by atoms with Gasteiger partial charge in [0, 0.05) is 10.0 Å². The van der Waals surface area contributed by atoms with Gasteiger partial charge in [0.15, 0.2) is 9.84 Å². The summed E-state index contributed by atoms with van der Waals surface area (Å²) in [6.45, 7) is 2.71. The topological polar surface area (TPSA) is 55.4 Å². The number of nitrogens with one attached hydrogen (secondary N) is 1. The average molecular weight is 376 g/mol. The Kier molecular flexibility index (Phi) is 5.68. The number of methoxy groups -OCH3 is 1. The van der Waals surface area contributed by atoms with E-state index in [0.717, 1.165) is 28.6 Å². The molecule has 0 amide bonds. The van der Waals surface area contributed by atoms with Crippen LogP contribution in [-0.2, 0) is 9.84 Å². The minimum absolute atomic E-state index is 0.229. The molecule has 1 N–H and O–H groups in total. The molecule has 0 spiro atoms. The van der Waals surface area contributed by atoms with Crippen molar-refractivity contribution in [2.45, 2.75) is 37.5 Å². The van der Waals surface area contributed by atoms with Crippen LogP contribution in [0.25, 0.3) is 0 Å². The first kappa shape index (κ1) is 16.8. The van der Waals surface area contributed by atoms with Gasteiger partial charge in [-0.2, -0.15) is 0 Å². The number of benzene rings is 1. The van der Waals surface area contributed by atoms with Crippen LogP contribution in [0.4, 0.5) is 0 Å². The van der Waals surface area contributed by atoms with Gasteiger partial charge < -0.3 is 10.1 Å². The van der Waals surface area contributed by atoms with Crippen molar-refractivity contribution in [2.24, 2.45) is 0 Å². The molecule has 0 aliphatic carbocycles. The molecule has 2 rings (SSSR count). The highest BCUT2D eigenvalue weighted by Crippen LogP contribution is 2.36. The molecule has 118 valence electrons. The summed E-state index contributed by atoms with van der Waals surface area (Å²) in [6, 6.07) is 5.50. The van der Waals surface area contributed by atoms with E-state index in [4.69, 9.17) is 4.74 Å². The lowest BCUT2D eigenvalue weighted by Crippen LogP contribution is -2.40. The fourth-order valence-electron chi connectivity index (χ4n) is 2.96. The van der Waals surface area contributed by atoms with Gasteiger partial charge >= 0.3 is 0 Å². The van der Waals surface area contributed by atoms with Crippen LogP contribution in [0.3, 0.4) is 0 Å². The number of halogens is 1. The Bertz CT molecular complexity index is 589. The standard InChI is InChI=1S/C15H22BrNO3S/c1-3-17-15(14-6-4-5-9-21(14,18)19)12-10-11(16)7-8-13(12)20-2/h7-8,10,14-15,17H,3-6,9H2,1-2H3. The largest absolute Gasteiger partial charge is 0.496 e. The van der Waals surface area contributed by atoms with Crippen LogP contribution < -0.4 is 10.1 Å². The second kappa shape index (κ2) is 7.11. The van der Waals surface area contributed by atoms with Crippen molar-refractivity contribution in [3.05, 3.63) is 28.2 Å². The van der Waals surface area contributed by atoms with Crippen molar-refractivity contribution < 1.29 is 13.2 Å². The Morgan fingerprint density at radius 1 is 1.43 bits per heavy atom. The van der Waals surface area contributed by atoms with E-state index in [0.29, 0.717) is 13.0 Å². The van der Waals surface area contributed by atoms with Crippen molar-refractivity contribution in [3.8, 4) is 5.75 Å². The van der Waals surface area contributed by atoms with Gasteiger partial charge in [-0.3, -0.25) is 0 Å². The van der Waals surface area contributed by atoms with Crippen LogP contribution in [0, 0.1) is 0 Å². The summed E-state index contributed by atoms with van der Waals surface area (Å²) in [4.78, 5) is 0. The van der Waals surface area contributed by atoms with Crippen molar-refractivity contribution in [1.82, 2.24) is 5.32 Å². The maximum atomic E-state index is 12.5. The molecule has 1 aromatic carbocycles. The van der Waals surface area contributed by atoms with Crippen LogP contribution in [0.15, 0.2) is 22.7 Å². The van der Waals surface area contributed by atoms with Crippen molar-refractivity contribution in [3.63, 3.8) is 0 Å². The van der Waals surface area contributed by atoms with Crippen LogP contribution in [-0.4, -0.2) is 33.1 Å². The smallest absolute Gasteiger partial charge is 0.155 e. The molecule has 1 saturated heterocycles. The van der Waals surface area contributed by atoms with Crippen LogP contribution in [0.1, 0.15) is 37.8 Å². The minimum Gasteiger partial charge on any atom is -0.496 e. The first-order valence-corrected chi connectivity index (χ1v) is 9.79. The van der Waals surface area contributed by atoms with Gasteiger partial charge in [0.1, 0.15) is 5.75 Å². The van der Waals surface area contributed by atoms with E-state index in [1.165, 1.54) is 0 Å². The van der Waals surface area contributed by atoms with E-state index in [1.807, 2.05) is 25.1 Å². The van der Waals surface area contributed by atoms with Gasteiger partial charge in [-0.15, -0.1) is 0 Å². The van der Waals surface area contributed by atoms with Crippen molar-refractivity contribution in [2.75, 3.05) is 19.4 Å². The summed E-state index contributed by atoms with van der Waals surface area (Å²) in [5.74, 6) is 1.01. The summed E-state index contributed by atoms with van der Waals surface area (Å²) in [7, 11) is -1.45. The Morgan fingerprint density at radius 2 is 2.19 bits per heavy atom. The molecule has 1 aliphatic rings. The predicted molar refractivity (Wildman–Crippen MR) is 88.5 cm³/mol. The number of sulfone groups is 1. The summed E-state index contributed by atoms with van der Waals surface area (Å²) >= 11 is 3.46. The maximum Gasteiger partial charge on any atom is 0.155 e. The third kappa shape index (κ3) is 3.79. The molecule has 0 radical (unpaired) electrons. The second-order valence-electron chi connectivity index (χ2n) is 5.32. The second-order valence-corrected chi connectivity index (χ2v) is 8.58. The van der Waals surface area contributed by atoms with Crippen LogP contribution >= 0.6 is 15.9 Å². The summed E-state index contributed by atoms with van der Waals surface area (Å²) < 4.78 is 31.3. The number of rotatable bonds is 5. The Hall–Kier alpha value is -0.590. The molecule has 21 heavy (non-hydrogen) atoms. The molecule has 1 heterocycles. The van der Waals surface area contributed by atoms with Crippen LogP contribution in [0.5, 0.6) is 5.75 Å². The molecule has 4 nitrogen and oxygen atoms in total. The lowest BCUT2D eigenvalue weighted by atomic mass is 9.98. The van der Waals surface area contributed by atoms with Gasteiger partial charge in [-0.1, -0.05) is 29.3 Å².